The van der Waals surface area contributed by atoms with Gasteiger partial charge in [-0.25, -0.2) is 0 Å². The van der Waals surface area contributed by atoms with Crippen LogP contribution >= 0.6 is 0 Å². The van der Waals surface area contributed by atoms with Gasteiger partial charge in [0.25, 0.3) is 0 Å². The molecule has 142 valence electrons. The summed E-state index contributed by atoms with van der Waals surface area (Å²) in [5, 5.41) is 3.10. The quantitative estimate of drug-likeness (QED) is 0.854. The molecule has 1 aliphatic heterocycles. The first-order chi connectivity index (χ1) is 12.8. The minimum absolute atomic E-state index is 0.0459. The fourth-order valence-corrected chi connectivity index (χ4v) is 3.58. The van der Waals surface area contributed by atoms with Gasteiger partial charge in [0.05, 0.1) is 5.92 Å². The van der Waals surface area contributed by atoms with Gasteiger partial charge >= 0.3 is 0 Å². The summed E-state index contributed by atoms with van der Waals surface area (Å²) in [5.74, 6) is 0.00144. The molecule has 2 aromatic rings. The Hall–Kier alpha value is -2.62. The number of benzene rings is 2. The Bertz CT molecular complexity index is 840. The van der Waals surface area contributed by atoms with Crippen molar-refractivity contribution < 1.29 is 9.59 Å². The normalized spacial score (nSPS) is 16.9. The van der Waals surface area contributed by atoms with Crippen molar-refractivity contribution in [3.63, 3.8) is 0 Å². The van der Waals surface area contributed by atoms with Gasteiger partial charge in [-0.2, -0.15) is 0 Å². The number of amides is 2. The average Bonchev–Trinajstić information content (AvgIpc) is 2.99. The number of rotatable bonds is 5. The summed E-state index contributed by atoms with van der Waals surface area (Å²) in [6.45, 7) is 9.32. The third-order valence-electron chi connectivity index (χ3n) is 5.25. The zero-order valence-corrected chi connectivity index (χ0v) is 16.6. The van der Waals surface area contributed by atoms with E-state index < -0.39 is 0 Å². The topological polar surface area (TPSA) is 49.4 Å². The van der Waals surface area contributed by atoms with Crippen LogP contribution in [0.3, 0.4) is 0 Å². The zero-order valence-electron chi connectivity index (χ0n) is 16.6. The lowest BCUT2D eigenvalue weighted by Crippen LogP contribution is -2.28. The molecule has 1 heterocycles. The molecule has 4 heteroatoms. The molecule has 1 aliphatic rings. The van der Waals surface area contributed by atoms with Crippen LogP contribution < -0.4 is 5.32 Å². The number of hydrogen-bond acceptors (Lipinski definition) is 2. The van der Waals surface area contributed by atoms with E-state index >= 15 is 0 Å². The lowest BCUT2D eigenvalue weighted by atomic mass is 9.97. The molecular weight excluding hydrogens is 336 g/mol. The standard InChI is InChI=1S/C23H28N2O2/c1-15(2)20-7-5-6-17(4)22(20)24-23(27)19-12-21(26)25(14-19)13-18-10-8-16(3)9-11-18/h5-11,15,19H,12-14H2,1-4H3,(H,24,27). The van der Waals surface area contributed by atoms with Crippen molar-refractivity contribution in [2.24, 2.45) is 5.92 Å². The minimum atomic E-state index is -0.303. The maximum atomic E-state index is 12.8. The summed E-state index contributed by atoms with van der Waals surface area (Å²) >= 11 is 0. The van der Waals surface area contributed by atoms with E-state index in [-0.39, 0.29) is 24.2 Å². The number of carbonyl (C=O) groups is 2. The first-order valence-corrected chi connectivity index (χ1v) is 9.59. The fourth-order valence-electron chi connectivity index (χ4n) is 3.58. The van der Waals surface area contributed by atoms with Crippen molar-refractivity contribution in [1.29, 1.82) is 0 Å². The molecule has 0 aliphatic carbocycles. The highest BCUT2D eigenvalue weighted by Gasteiger charge is 2.34. The van der Waals surface area contributed by atoms with Gasteiger partial charge in [-0.1, -0.05) is 61.9 Å². The third-order valence-corrected chi connectivity index (χ3v) is 5.25. The van der Waals surface area contributed by atoms with Crippen molar-refractivity contribution in [2.75, 3.05) is 11.9 Å². The van der Waals surface area contributed by atoms with Gasteiger partial charge in [-0.05, 0) is 36.5 Å². The molecule has 2 amide bonds. The number of anilines is 1. The van der Waals surface area contributed by atoms with Crippen LogP contribution in [0.1, 0.15) is 48.4 Å². The van der Waals surface area contributed by atoms with Gasteiger partial charge in [0.1, 0.15) is 0 Å². The van der Waals surface area contributed by atoms with Crippen LogP contribution in [-0.4, -0.2) is 23.3 Å². The van der Waals surface area contributed by atoms with E-state index in [1.54, 1.807) is 4.90 Å². The van der Waals surface area contributed by atoms with E-state index in [1.807, 2.05) is 50.2 Å². The first-order valence-electron chi connectivity index (χ1n) is 9.59. The average molecular weight is 364 g/mol. The number of hydrogen-bond donors (Lipinski definition) is 1. The molecule has 27 heavy (non-hydrogen) atoms. The van der Waals surface area contributed by atoms with Gasteiger partial charge in [0.15, 0.2) is 0 Å². The Labute approximate surface area is 161 Å². The Morgan fingerprint density at radius 2 is 1.85 bits per heavy atom. The zero-order chi connectivity index (χ0) is 19.6. The monoisotopic (exact) mass is 364 g/mol. The first kappa shape index (κ1) is 19.2. The molecule has 1 saturated heterocycles. The molecule has 1 atom stereocenters. The largest absolute Gasteiger partial charge is 0.338 e. The van der Waals surface area contributed by atoms with E-state index in [4.69, 9.17) is 0 Å². The van der Waals surface area contributed by atoms with Crippen molar-refractivity contribution in [3.8, 4) is 0 Å². The van der Waals surface area contributed by atoms with Gasteiger partial charge in [-0.3, -0.25) is 9.59 Å². The molecule has 4 nitrogen and oxygen atoms in total. The second-order valence-corrected chi connectivity index (χ2v) is 7.84. The number of nitrogens with one attached hydrogen (secondary N) is 1. The molecule has 1 unspecified atom stereocenters. The van der Waals surface area contributed by atoms with Crippen LogP contribution in [-0.2, 0) is 16.1 Å². The number of likely N-dealkylation sites (tertiary alicyclic amines) is 1. The number of nitrogens with zero attached hydrogens (tertiary/aromatic N) is 1. The minimum Gasteiger partial charge on any atom is -0.338 e. The highest BCUT2D eigenvalue weighted by atomic mass is 16.2. The lowest BCUT2D eigenvalue weighted by molar-refractivity contribution is -0.128. The van der Waals surface area contributed by atoms with Gasteiger partial charge in [0, 0.05) is 25.2 Å². The summed E-state index contributed by atoms with van der Waals surface area (Å²) in [4.78, 5) is 27.0. The predicted octanol–water partition coefficient (Wildman–Crippen LogP) is 4.41. The van der Waals surface area contributed by atoms with Crippen LogP contribution in [0.4, 0.5) is 5.69 Å². The van der Waals surface area contributed by atoms with E-state index in [0.29, 0.717) is 19.0 Å². The number of carbonyl (C=O) groups excluding carboxylic acids is 2. The lowest BCUT2D eigenvalue weighted by Gasteiger charge is -2.19. The summed E-state index contributed by atoms with van der Waals surface area (Å²) in [5.41, 5.74) is 5.36. The highest BCUT2D eigenvalue weighted by Crippen LogP contribution is 2.29. The van der Waals surface area contributed by atoms with E-state index in [2.05, 4.69) is 25.2 Å². The van der Waals surface area contributed by atoms with E-state index in [9.17, 15) is 9.59 Å². The van der Waals surface area contributed by atoms with Crippen molar-refractivity contribution in [2.45, 2.75) is 46.6 Å². The van der Waals surface area contributed by atoms with E-state index in [0.717, 1.165) is 22.4 Å². The second kappa shape index (κ2) is 7.95. The maximum absolute atomic E-state index is 12.8. The maximum Gasteiger partial charge on any atom is 0.229 e. The highest BCUT2D eigenvalue weighted by molar-refractivity contribution is 5.98. The molecule has 0 saturated carbocycles. The second-order valence-electron chi connectivity index (χ2n) is 7.84. The van der Waals surface area contributed by atoms with Crippen LogP contribution in [0.2, 0.25) is 0 Å². The summed E-state index contributed by atoms with van der Waals surface area (Å²) in [6.07, 6.45) is 0.278. The molecule has 0 bridgehead atoms. The molecule has 3 rings (SSSR count). The molecule has 1 fully saturated rings. The van der Waals surface area contributed by atoms with Crippen LogP contribution in [0, 0.1) is 19.8 Å². The summed E-state index contributed by atoms with van der Waals surface area (Å²) in [7, 11) is 0. The fraction of sp³-hybridized carbons (Fsp3) is 0.391. The smallest absolute Gasteiger partial charge is 0.229 e. The summed E-state index contributed by atoms with van der Waals surface area (Å²) in [6, 6.07) is 14.2. The van der Waals surface area contributed by atoms with Gasteiger partial charge in [0.2, 0.25) is 11.8 Å². The molecule has 0 spiro atoms. The Morgan fingerprint density at radius 1 is 1.15 bits per heavy atom. The third kappa shape index (κ3) is 4.38. The Kier molecular flexibility index (Phi) is 5.64. The predicted molar refractivity (Wildman–Crippen MR) is 109 cm³/mol. The van der Waals surface area contributed by atoms with Crippen molar-refractivity contribution in [3.05, 3.63) is 64.7 Å². The molecular formula is C23H28N2O2. The van der Waals surface area contributed by atoms with Gasteiger partial charge in [-0.15, -0.1) is 0 Å². The Balaban J connectivity index is 1.68. The van der Waals surface area contributed by atoms with Crippen LogP contribution in [0.15, 0.2) is 42.5 Å². The van der Waals surface area contributed by atoms with Crippen LogP contribution in [0.25, 0.3) is 0 Å². The Morgan fingerprint density at radius 3 is 2.52 bits per heavy atom. The molecule has 1 N–H and O–H groups in total. The number of aryl methyl sites for hydroxylation is 2. The number of para-hydroxylation sites is 1. The van der Waals surface area contributed by atoms with E-state index in [1.165, 1.54) is 5.56 Å². The molecule has 2 aromatic carbocycles. The van der Waals surface area contributed by atoms with Crippen LogP contribution in [0.5, 0.6) is 0 Å². The molecule has 0 radical (unpaired) electrons. The van der Waals surface area contributed by atoms with Crippen molar-refractivity contribution >= 4 is 17.5 Å². The summed E-state index contributed by atoms with van der Waals surface area (Å²) < 4.78 is 0. The van der Waals surface area contributed by atoms with Gasteiger partial charge < -0.3 is 10.2 Å². The SMILES string of the molecule is Cc1ccc(CN2CC(C(=O)Nc3c(C)cccc3C(C)C)CC2=O)cc1. The molecule has 0 aromatic heterocycles. The van der Waals surface area contributed by atoms with Crippen molar-refractivity contribution in [1.82, 2.24) is 4.90 Å².